The molecule has 0 aromatic rings. The van der Waals surface area contributed by atoms with Crippen LogP contribution in [0.5, 0.6) is 0 Å². The van der Waals surface area contributed by atoms with Crippen molar-refractivity contribution in [2.24, 2.45) is 15.9 Å². The molecule has 0 aromatic heterocycles. The zero-order chi connectivity index (χ0) is 5.70. The first-order valence-corrected chi connectivity index (χ1v) is 2.00. The summed E-state index contributed by atoms with van der Waals surface area (Å²) >= 11 is 0. The number of hydrogen-bond acceptors (Lipinski definition) is 2. The predicted molar refractivity (Wildman–Crippen MR) is 31.5 cm³/mol. The third-order valence-corrected chi connectivity index (χ3v) is 0.383. The summed E-state index contributed by atoms with van der Waals surface area (Å²) in [5, 5.41) is 3.16. The van der Waals surface area contributed by atoms with Gasteiger partial charge >= 0.3 is 0 Å². The van der Waals surface area contributed by atoms with Gasteiger partial charge < -0.3 is 5.84 Å². The zero-order valence-corrected chi connectivity index (χ0v) is 4.55. The molecule has 0 unspecified atom stereocenters. The second-order valence-corrected chi connectivity index (χ2v) is 1.34. The van der Waals surface area contributed by atoms with Gasteiger partial charge in [-0.1, -0.05) is 0 Å². The Balaban J connectivity index is 3.46. The molecule has 0 aliphatic rings. The molecule has 3 heteroatoms. The molecule has 0 rings (SSSR count). The molecule has 0 fully saturated rings. The van der Waals surface area contributed by atoms with Crippen LogP contribution in [0.1, 0.15) is 13.8 Å². The van der Waals surface area contributed by atoms with Crippen LogP contribution in [-0.2, 0) is 0 Å². The van der Waals surface area contributed by atoms with Gasteiger partial charge in [-0.25, -0.2) is 4.99 Å². The van der Waals surface area contributed by atoms with E-state index in [1.807, 2.05) is 13.8 Å². The standard InChI is InChI=1S/C4H9N3/c1-4(2)6-3-7-5/h3H,5H2,1-2H3/b7-3-. The van der Waals surface area contributed by atoms with Gasteiger partial charge in [0, 0.05) is 5.71 Å². The van der Waals surface area contributed by atoms with Gasteiger partial charge in [0.1, 0.15) is 6.34 Å². The fourth-order valence-electron chi connectivity index (χ4n) is 0.149. The van der Waals surface area contributed by atoms with E-state index in [0.717, 1.165) is 5.71 Å². The highest BCUT2D eigenvalue weighted by Gasteiger charge is 1.67. The van der Waals surface area contributed by atoms with Gasteiger partial charge in [-0.2, -0.15) is 5.10 Å². The van der Waals surface area contributed by atoms with E-state index < -0.39 is 0 Å². The van der Waals surface area contributed by atoms with E-state index in [4.69, 9.17) is 5.84 Å². The Morgan fingerprint density at radius 2 is 2.14 bits per heavy atom. The molecule has 0 aliphatic carbocycles. The maximum Gasteiger partial charge on any atom is 0.134 e. The molecule has 40 valence electrons. The van der Waals surface area contributed by atoms with Crippen molar-refractivity contribution in [1.82, 2.24) is 0 Å². The predicted octanol–water partition coefficient (Wildman–Crippen LogP) is 0.369. The number of rotatable bonds is 1. The highest BCUT2D eigenvalue weighted by atomic mass is 15.1. The first-order chi connectivity index (χ1) is 3.27. The van der Waals surface area contributed by atoms with Crippen LogP contribution in [0.25, 0.3) is 0 Å². The molecule has 0 saturated heterocycles. The fraction of sp³-hybridized carbons (Fsp3) is 0.500. The molecule has 0 radical (unpaired) electrons. The van der Waals surface area contributed by atoms with Crippen LogP contribution in [0.15, 0.2) is 10.1 Å². The lowest BCUT2D eigenvalue weighted by Gasteiger charge is -1.77. The molecule has 0 aromatic carbocycles. The quantitative estimate of drug-likeness (QED) is 0.219. The molecule has 2 N–H and O–H groups in total. The Morgan fingerprint density at radius 1 is 1.57 bits per heavy atom. The van der Waals surface area contributed by atoms with Crippen LogP contribution in [0, 0.1) is 0 Å². The molecule has 0 amide bonds. The smallest absolute Gasteiger partial charge is 0.134 e. The average Bonchev–Trinajstić information content (AvgIpc) is 1.61. The van der Waals surface area contributed by atoms with Crippen molar-refractivity contribution in [1.29, 1.82) is 0 Å². The van der Waals surface area contributed by atoms with E-state index in [9.17, 15) is 0 Å². The minimum Gasteiger partial charge on any atom is -0.322 e. The third-order valence-electron chi connectivity index (χ3n) is 0.383. The lowest BCUT2D eigenvalue weighted by atomic mass is 10.5. The van der Waals surface area contributed by atoms with E-state index in [-0.39, 0.29) is 0 Å². The highest BCUT2D eigenvalue weighted by Crippen LogP contribution is 1.66. The topological polar surface area (TPSA) is 50.7 Å². The lowest BCUT2D eigenvalue weighted by molar-refractivity contribution is 1.25. The normalized spacial score (nSPS) is 9.43. The van der Waals surface area contributed by atoms with Crippen molar-refractivity contribution in [3.05, 3.63) is 0 Å². The number of hydrogen-bond donors (Lipinski definition) is 1. The minimum atomic E-state index is 0.953. The van der Waals surface area contributed by atoms with Gasteiger partial charge in [0.05, 0.1) is 0 Å². The van der Waals surface area contributed by atoms with E-state index in [2.05, 4.69) is 10.1 Å². The maximum atomic E-state index is 4.74. The van der Waals surface area contributed by atoms with Crippen molar-refractivity contribution in [3.63, 3.8) is 0 Å². The number of hydrazone groups is 1. The molecular weight excluding hydrogens is 90.1 g/mol. The van der Waals surface area contributed by atoms with Gasteiger partial charge in [0.2, 0.25) is 0 Å². The van der Waals surface area contributed by atoms with Crippen molar-refractivity contribution < 1.29 is 0 Å². The van der Waals surface area contributed by atoms with Gasteiger partial charge in [-0.3, -0.25) is 0 Å². The Hall–Kier alpha value is -0.860. The average molecular weight is 99.1 g/mol. The SMILES string of the molecule is CC(C)=N/C=N\N. The number of nitrogens with zero attached hydrogens (tertiary/aromatic N) is 2. The Morgan fingerprint density at radius 3 is 2.29 bits per heavy atom. The molecule has 0 atom stereocenters. The van der Waals surface area contributed by atoms with Gasteiger partial charge in [-0.15, -0.1) is 0 Å². The van der Waals surface area contributed by atoms with E-state index in [1.165, 1.54) is 6.34 Å². The van der Waals surface area contributed by atoms with Gasteiger partial charge in [-0.05, 0) is 13.8 Å². The molecule has 7 heavy (non-hydrogen) atoms. The van der Waals surface area contributed by atoms with Crippen molar-refractivity contribution in [3.8, 4) is 0 Å². The lowest BCUT2D eigenvalue weighted by Crippen LogP contribution is -1.83. The largest absolute Gasteiger partial charge is 0.322 e. The van der Waals surface area contributed by atoms with Crippen LogP contribution in [0.2, 0.25) is 0 Å². The van der Waals surface area contributed by atoms with E-state index in [1.54, 1.807) is 0 Å². The molecule has 0 bridgehead atoms. The monoisotopic (exact) mass is 99.1 g/mol. The molecule has 0 heterocycles. The summed E-state index contributed by atoms with van der Waals surface area (Å²) in [6.45, 7) is 3.75. The summed E-state index contributed by atoms with van der Waals surface area (Å²) < 4.78 is 0. The summed E-state index contributed by atoms with van der Waals surface area (Å²) in [4.78, 5) is 3.74. The van der Waals surface area contributed by atoms with E-state index in [0.29, 0.717) is 0 Å². The summed E-state index contributed by atoms with van der Waals surface area (Å²) in [7, 11) is 0. The van der Waals surface area contributed by atoms with Crippen LogP contribution in [0.3, 0.4) is 0 Å². The first kappa shape index (κ1) is 6.14. The maximum absolute atomic E-state index is 4.74. The number of nitrogens with two attached hydrogens (primary N) is 1. The van der Waals surface area contributed by atoms with Crippen molar-refractivity contribution in [2.45, 2.75) is 13.8 Å². The highest BCUT2D eigenvalue weighted by molar-refractivity contribution is 5.86. The van der Waals surface area contributed by atoms with Crippen molar-refractivity contribution >= 4 is 12.1 Å². The molecule has 0 aliphatic heterocycles. The second-order valence-electron chi connectivity index (χ2n) is 1.34. The van der Waals surface area contributed by atoms with Crippen LogP contribution < -0.4 is 5.84 Å². The van der Waals surface area contributed by atoms with Gasteiger partial charge in [0.25, 0.3) is 0 Å². The molecular formula is C4H9N3. The van der Waals surface area contributed by atoms with Crippen LogP contribution >= 0.6 is 0 Å². The Kier molecular flexibility index (Phi) is 2.92. The summed E-state index contributed by atoms with van der Waals surface area (Å²) in [5.41, 5.74) is 0.953. The third kappa shape index (κ3) is 5.14. The first-order valence-electron chi connectivity index (χ1n) is 2.00. The Bertz CT molecular complexity index is 89.1. The molecule has 0 spiro atoms. The fourth-order valence-corrected chi connectivity index (χ4v) is 0.149. The number of aliphatic imine (C=N–C) groups is 1. The van der Waals surface area contributed by atoms with Crippen molar-refractivity contribution in [2.75, 3.05) is 0 Å². The summed E-state index contributed by atoms with van der Waals surface area (Å²) in [5.74, 6) is 4.74. The molecule has 3 nitrogen and oxygen atoms in total. The zero-order valence-electron chi connectivity index (χ0n) is 4.55. The minimum absolute atomic E-state index is 0.953. The summed E-state index contributed by atoms with van der Waals surface area (Å²) in [6.07, 6.45) is 1.31. The van der Waals surface area contributed by atoms with Crippen LogP contribution in [0.4, 0.5) is 0 Å². The second kappa shape index (κ2) is 3.33. The Labute approximate surface area is 42.9 Å². The summed E-state index contributed by atoms with van der Waals surface area (Å²) in [6, 6.07) is 0. The molecule has 0 saturated carbocycles. The van der Waals surface area contributed by atoms with Crippen LogP contribution in [-0.4, -0.2) is 12.1 Å². The van der Waals surface area contributed by atoms with E-state index >= 15 is 0 Å². The van der Waals surface area contributed by atoms with Gasteiger partial charge in [0.15, 0.2) is 0 Å².